The molecule has 0 aliphatic heterocycles. The molecular weight excluding hydrogens is 188 g/mol. The summed E-state index contributed by atoms with van der Waals surface area (Å²) in [5.41, 5.74) is 1.89. The van der Waals surface area contributed by atoms with Gasteiger partial charge in [-0.05, 0) is 6.92 Å². The molecule has 0 saturated carbocycles. The normalized spacial score (nSPS) is 9.93. The Hall–Kier alpha value is -1.90. The molecule has 1 aromatic carbocycles. The van der Waals surface area contributed by atoms with E-state index in [1.54, 1.807) is 6.20 Å². The van der Waals surface area contributed by atoms with Crippen molar-refractivity contribution in [1.82, 2.24) is 9.97 Å². The van der Waals surface area contributed by atoms with E-state index < -0.39 is 0 Å². The zero-order valence-electron chi connectivity index (χ0n) is 8.55. The highest BCUT2D eigenvalue weighted by Crippen LogP contribution is 2.25. The van der Waals surface area contributed by atoms with Gasteiger partial charge in [-0.3, -0.25) is 0 Å². The fourth-order valence-electron chi connectivity index (χ4n) is 1.39. The molecular formula is C12H12N2O. The van der Waals surface area contributed by atoms with Crippen molar-refractivity contribution in [2.24, 2.45) is 0 Å². The first-order valence-corrected chi connectivity index (χ1v) is 4.90. The van der Waals surface area contributed by atoms with Crippen LogP contribution in [0.4, 0.5) is 0 Å². The minimum absolute atomic E-state index is 0.618. The Kier molecular flexibility index (Phi) is 2.93. The third-order valence-electron chi connectivity index (χ3n) is 2.03. The second kappa shape index (κ2) is 4.55. The molecule has 0 aliphatic carbocycles. The fourth-order valence-corrected chi connectivity index (χ4v) is 1.39. The monoisotopic (exact) mass is 200 g/mol. The van der Waals surface area contributed by atoms with Crippen molar-refractivity contribution in [2.45, 2.75) is 6.92 Å². The van der Waals surface area contributed by atoms with E-state index in [2.05, 4.69) is 9.97 Å². The van der Waals surface area contributed by atoms with Gasteiger partial charge in [0.05, 0.1) is 12.8 Å². The highest BCUT2D eigenvalue weighted by molar-refractivity contribution is 5.65. The summed E-state index contributed by atoms with van der Waals surface area (Å²) in [6.07, 6.45) is 3.23. The molecule has 76 valence electrons. The van der Waals surface area contributed by atoms with Crippen LogP contribution < -0.4 is 4.74 Å². The molecule has 0 radical (unpaired) electrons. The third-order valence-corrected chi connectivity index (χ3v) is 2.03. The van der Waals surface area contributed by atoms with Crippen LogP contribution in [0.3, 0.4) is 0 Å². The average molecular weight is 200 g/mol. The topological polar surface area (TPSA) is 35.0 Å². The molecule has 3 heteroatoms. The third kappa shape index (κ3) is 2.13. The largest absolute Gasteiger partial charge is 0.490 e. The van der Waals surface area contributed by atoms with Crippen LogP contribution in [-0.2, 0) is 0 Å². The molecule has 1 heterocycles. The lowest BCUT2D eigenvalue weighted by Gasteiger charge is -2.07. The first-order chi connectivity index (χ1) is 7.42. The Bertz CT molecular complexity index is 429. The number of benzene rings is 1. The van der Waals surface area contributed by atoms with Crippen LogP contribution in [0.2, 0.25) is 0 Å². The highest BCUT2D eigenvalue weighted by Gasteiger charge is 2.06. The number of aromatic nitrogens is 2. The minimum atomic E-state index is 0.618. The van der Waals surface area contributed by atoms with Crippen molar-refractivity contribution >= 4 is 0 Å². The summed E-state index contributed by atoms with van der Waals surface area (Å²) in [4.78, 5) is 8.18. The summed E-state index contributed by atoms with van der Waals surface area (Å²) >= 11 is 0. The Morgan fingerprint density at radius 3 is 2.73 bits per heavy atom. The number of rotatable bonds is 3. The molecule has 3 nitrogen and oxygen atoms in total. The van der Waals surface area contributed by atoms with E-state index >= 15 is 0 Å². The van der Waals surface area contributed by atoms with Crippen LogP contribution in [0, 0.1) is 0 Å². The van der Waals surface area contributed by atoms with Gasteiger partial charge in [0, 0.05) is 5.56 Å². The molecule has 15 heavy (non-hydrogen) atoms. The summed E-state index contributed by atoms with van der Waals surface area (Å²) in [5, 5.41) is 0. The first-order valence-electron chi connectivity index (χ1n) is 4.90. The standard InChI is InChI=1S/C12H12N2O/c1-2-15-11-8-13-9-14-12(11)10-6-4-3-5-7-10/h3-9H,2H2,1H3. The molecule has 1 aromatic heterocycles. The molecule has 0 bridgehead atoms. The SMILES string of the molecule is CCOc1cncnc1-c1ccccc1. The van der Waals surface area contributed by atoms with Crippen LogP contribution in [0.15, 0.2) is 42.9 Å². The maximum absolute atomic E-state index is 5.47. The van der Waals surface area contributed by atoms with E-state index in [4.69, 9.17) is 4.74 Å². The van der Waals surface area contributed by atoms with Crippen LogP contribution >= 0.6 is 0 Å². The van der Waals surface area contributed by atoms with Crippen LogP contribution in [0.1, 0.15) is 6.92 Å². The number of hydrogen-bond donors (Lipinski definition) is 0. The van der Waals surface area contributed by atoms with Crippen molar-refractivity contribution in [3.05, 3.63) is 42.9 Å². The molecule has 0 unspecified atom stereocenters. The molecule has 0 saturated heterocycles. The van der Waals surface area contributed by atoms with Gasteiger partial charge in [0.15, 0.2) is 5.75 Å². The minimum Gasteiger partial charge on any atom is -0.490 e. The number of hydrogen-bond acceptors (Lipinski definition) is 3. The molecule has 0 amide bonds. The Morgan fingerprint density at radius 2 is 2.00 bits per heavy atom. The van der Waals surface area contributed by atoms with Crippen molar-refractivity contribution < 1.29 is 4.74 Å². The molecule has 0 N–H and O–H groups in total. The predicted molar refractivity (Wildman–Crippen MR) is 58.6 cm³/mol. The lowest BCUT2D eigenvalue weighted by atomic mass is 10.1. The van der Waals surface area contributed by atoms with E-state index in [1.807, 2.05) is 37.3 Å². The van der Waals surface area contributed by atoms with E-state index in [-0.39, 0.29) is 0 Å². The van der Waals surface area contributed by atoms with Crippen molar-refractivity contribution in [1.29, 1.82) is 0 Å². The van der Waals surface area contributed by atoms with Gasteiger partial charge in [0.25, 0.3) is 0 Å². The molecule has 2 aromatic rings. The molecule has 2 rings (SSSR count). The van der Waals surface area contributed by atoms with E-state index in [0.29, 0.717) is 6.61 Å². The van der Waals surface area contributed by atoms with Gasteiger partial charge < -0.3 is 4.74 Å². The van der Waals surface area contributed by atoms with Gasteiger partial charge in [-0.2, -0.15) is 0 Å². The Labute approximate surface area is 88.8 Å². The Morgan fingerprint density at radius 1 is 1.20 bits per heavy atom. The van der Waals surface area contributed by atoms with Gasteiger partial charge in [-0.15, -0.1) is 0 Å². The number of nitrogens with zero attached hydrogens (tertiary/aromatic N) is 2. The van der Waals surface area contributed by atoms with Crippen LogP contribution in [-0.4, -0.2) is 16.6 Å². The predicted octanol–water partition coefficient (Wildman–Crippen LogP) is 2.54. The summed E-state index contributed by atoms with van der Waals surface area (Å²) in [5.74, 6) is 0.728. The van der Waals surface area contributed by atoms with E-state index in [0.717, 1.165) is 17.0 Å². The zero-order chi connectivity index (χ0) is 10.5. The van der Waals surface area contributed by atoms with Crippen LogP contribution in [0.5, 0.6) is 5.75 Å². The quantitative estimate of drug-likeness (QED) is 0.763. The van der Waals surface area contributed by atoms with E-state index in [9.17, 15) is 0 Å². The summed E-state index contributed by atoms with van der Waals surface area (Å²) in [6, 6.07) is 9.95. The van der Waals surface area contributed by atoms with Crippen molar-refractivity contribution in [3.63, 3.8) is 0 Å². The van der Waals surface area contributed by atoms with E-state index in [1.165, 1.54) is 6.33 Å². The molecule has 0 spiro atoms. The number of ether oxygens (including phenoxy) is 1. The summed E-state index contributed by atoms with van der Waals surface area (Å²) in [6.45, 7) is 2.56. The maximum Gasteiger partial charge on any atom is 0.163 e. The average Bonchev–Trinajstić information content (AvgIpc) is 2.31. The zero-order valence-corrected chi connectivity index (χ0v) is 8.55. The fraction of sp³-hybridized carbons (Fsp3) is 0.167. The first kappa shape index (κ1) is 9.65. The highest BCUT2D eigenvalue weighted by atomic mass is 16.5. The van der Waals surface area contributed by atoms with Gasteiger partial charge in [-0.25, -0.2) is 9.97 Å². The van der Waals surface area contributed by atoms with Gasteiger partial charge >= 0.3 is 0 Å². The molecule has 0 fully saturated rings. The lowest BCUT2D eigenvalue weighted by Crippen LogP contribution is -1.96. The van der Waals surface area contributed by atoms with Crippen LogP contribution in [0.25, 0.3) is 11.3 Å². The van der Waals surface area contributed by atoms with Gasteiger partial charge in [-0.1, -0.05) is 30.3 Å². The Balaban J connectivity index is 2.43. The smallest absolute Gasteiger partial charge is 0.163 e. The van der Waals surface area contributed by atoms with Gasteiger partial charge in [0.1, 0.15) is 12.0 Å². The molecule has 0 atom stereocenters. The second-order valence-corrected chi connectivity index (χ2v) is 3.03. The van der Waals surface area contributed by atoms with Gasteiger partial charge in [0.2, 0.25) is 0 Å². The lowest BCUT2D eigenvalue weighted by molar-refractivity contribution is 0.339. The second-order valence-electron chi connectivity index (χ2n) is 3.03. The van der Waals surface area contributed by atoms with Crippen molar-refractivity contribution in [2.75, 3.05) is 6.61 Å². The maximum atomic E-state index is 5.47. The molecule has 0 aliphatic rings. The van der Waals surface area contributed by atoms with Crippen molar-refractivity contribution in [3.8, 4) is 17.0 Å². The summed E-state index contributed by atoms with van der Waals surface area (Å²) < 4.78 is 5.47. The summed E-state index contributed by atoms with van der Waals surface area (Å²) in [7, 11) is 0.